The molecule has 0 bridgehead atoms. The third-order valence-corrected chi connectivity index (χ3v) is 3.09. The van der Waals surface area contributed by atoms with Gasteiger partial charge in [0.05, 0.1) is 0 Å². The number of esters is 1. The molecule has 1 aromatic carbocycles. The van der Waals surface area contributed by atoms with Gasteiger partial charge in [0, 0.05) is 18.5 Å². The molecule has 118 valence electrons. The molecule has 22 heavy (non-hydrogen) atoms. The van der Waals surface area contributed by atoms with Gasteiger partial charge in [-0.25, -0.2) is 4.79 Å². The van der Waals surface area contributed by atoms with E-state index in [1.165, 1.54) is 6.07 Å². The lowest BCUT2D eigenvalue weighted by Gasteiger charge is -2.20. The lowest BCUT2D eigenvalue weighted by atomic mass is 10.1. The molecule has 0 radical (unpaired) electrons. The first-order valence-electron chi connectivity index (χ1n) is 7.16. The van der Waals surface area contributed by atoms with Crippen LogP contribution in [0.4, 0.5) is 0 Å². The van der Waals surface area contributed by atoms with Crippen LogP contribution in [0.1, 0.15) is 36.8 Å². The van der Waals surface area contributed by atoms with Crippen LogP contribution < -0.4 is 0 Å². The molecule has 5 nitrogen and oxygen atoms in total. The molecule has 5 heteroatoms. The summed E-state index contributed by atoms with van der Waals surface area (Å²) in [6.45, 7) is 5.32. The molecule has 0 aliphatic carbocycles. The molecule has 0 saturated carbocycles. The fourth-order valence-corrected chi connectivity index (χ4v) is 2.23. The summed E-state index contributed by atoms with van der Waals surface area (Å²) in [5, 5.41) is 19.2. The summed E-state index contributed by atoms with van der Waals surface area (Å²) in [6, 6.07) is 8.87. The van der Waals surface area contributed by atoms with E-state index in [1.54, 1.807) is 31.5 Å². The highest BCUT2D eigenvalue weighted by Crippen LogP contribution is 2.27. The predicted octanol–water partition coefficient (Wildman–Crippen LogP) is 2.67. The normalized spacial score (nSPS) is 11.5. The van der Waals surface area contributed by atoms with E-state index >= 15 is 0 Å². The number of carbonyl (C=O) groups excluding carboxylic acids is 1. The number of hydrogen-bond donors (Lipinski definition) is 2. The summed E-state index contributed by atoms with van der Waals surface area (Å²) in [5.74, 6) is -0.721. The molecular formula is C17H21NO4. The van der Waals surface area contributed by atoms with Crippen molar-refractivity contribution in [3.8, 4) is 11.4 Å². The Labute approximate surface area is 129 Å². The van der Waals surface area contributed by atoms with Gasteiger partial charge in [0.25, 0.3) is 0 Å². The molecule has 0 spiro atoms. The van der Waals surface area contributed by atoms with Crippen molar-refractivity contribution in [1.82, 2.24) is 4.57 Å². The molecule has 0 aliphatic rings. The zero-order valence-electron chi connectivity index (χ0n) is 13.0. The van der Waals surface area contributed by atoms with Gasteiger partial charge in [-0.2, -0.15) is 0 Å². The Hall–Kier alpha value is -2.27. The Balaban J connectivity index is 2.48. The quantitative estimate of drug-likeness (QED) is 0.852. The number of aliphatic hydroxyl groups is 1. The monoisotopic (exact) mass is 303 g/mol. The van der Waals surface area contributed by atoms with Gasteiger partial charge in [0.2, 0.25) is 0 Å². The zero-order chi connectivity index (χ0) is 16.3. The van der Waals surface area contributed by atoms with E-state index in [2.05, 4.69) is 0 Å². The maximum Gasteiger partial charge on any atom is 0.359 e. The van der Waals surface area contributed by atoms with Crippen molar-refractivity contribution in [1.29, 1.82) is 0 Å². The summed E-state index contributed by atoms with van der Waals surface area (Å²) in [7, 11) is 0. The van der Waals surface area contributed by atoms with Gasteiger partial charge >= 0.3 is 5.97 Å². The van der Waals surface area contributed by atoms with Crippen LogP contribution in [-0.2, 0) is 11.2 Å². The van der Waals surface area contributed by atoms with E-state index in [4.69, 9.17) is 4.74 Å². The molecule has 0 atom stereocenters. The molecule has 2 rings (SSSR count). The largest absolute Gasteiger partial charge is 0.505 e. The summed E-state index contributed by atoms with van der Waals surface area (Å²) in [4.78, 5) is 12.4. The van der Waals surface area contributed by atoms with Gasteiger partial charge in [0.15, 0.2) is 5.69 Å². The van der Waals surface area contributed by atoms with Crippen molar-refractivity contribution in [2.24, 2.45) is 0 Å². The average molecular weight is 303 g/mol. The first-order chi connectivity index (χ1) is 10.3. The van der Waals surface area contributed by atoms with E-state index in [0.29, 0.717) is 6.42 Å². The summed E-state index contributed by atoms with van der Waals surface area (Å²) in [5.41, 5.74) is 1.05. The van der Waals surface area contributed by atoms with Crippen molar-refractivity contribution in [3.05, 3.63) is 47.8 Å². The SMILES string of the molecule is CC(C)(C)OC(=O)c1c(O)ccn1-c1ccccc1CCO. The lowest BCUT2D eigenvalue weighted by molar-refractivity contribution is 0.00578. The van der Waals surface area contributed by atoms with Crippen molar-refractivity contribution in [2.45, 2.75) is 32.8 Å². The molecule has 0 fully saturated rings. The smallest absolute Gasteiger partial charge is 0.359 e. The average Bonchev–Trinajstić information content (AvgIpc) is 2.79. The van der Waals surface area contributed by atoms with Crippen LogP contribution in [-0.4, -0.2) is 33.0 Å². The Morgan fingerprint density at radius 1 is 1.23 bits per heavy atom. The second kappa shape index (κ2) is 6.23. The van der Waals surface area contributed by atoms with Gasteiger partial charge in [-0.15, -0.1) is 0 Å². The van der Waals surface area contributed by atoms with Crippen LogP contribution in [0.15, 0.2) is 36.5 Å². The van der Waals surface area contributed by atoms with E-state index in [0.717, 1.165) is 11.3 Å². The highest BCUT2D eigenvalue weighted by molar-refractivity contribution is 5.92. The summed E-state index contributed by atoms with van der Waals surface area (Å²) in [6.07, 6.45) is 2.08. The maximum absolute atomic E-state index is 12.4. The highest BCUT2D eigenvalue weighted by Gasteiger charge is 2.25. The van der Waals surface area contributed by atoms with Crippen molar-refractivity contribution in [3.63, 3.8) is 0 Å². The third-order valence-electron chi connectivity index (χ3n) is 3.09. The van der Waals surface area contributed by atoms with Crippen molar-refractivity contribution in [2.75, 3.05) is 6.61 Å². The van der Waals surface area contributed by atoms with Crippen LogP contribution in [0.2, 0.25) is 0 Å². The highest BCUT2D eigenvalue weighted by atomic mass is 16.6. The molecule has 2 aromatic rings. The minimum absolute atomic E-state index is 0.00599. The number of para-hydroxylation sites is 1. The van der Waals surface area contributed by atoms with E-state index in [1.807, 2.05) is 24.3 Å². The lowest BCUT2D eigenvalue weighted by Crippen LogP contribution is -2.25. The van der Waals surface area contributed by atoms with Crippen molar-refractivity contribution >= 4 is 5.97 Å². The third kappa shape index (κ3) is 3.49. The van der Waals surface area contributed by atoms with E-state index in [-0.39, 0.29) is 18.1 Å². The second-order valence-electron chi connectivity index (χ2n) is 6.02. The Morgan fingerprint density at radius 3 is 2.55 bits per heavy atom. The molecule has 0 aliphatic heterocycles. The Bertz CT molecular complexity index is 668. The number of carbonyl (C=O) groups is 1. The number of hydrogen-bond acceptors (Lipinski definition) is 4. The number of aromatic nitrogens is 1. The summed E-state index contributed by atoms with van der Waals surface area (Å²) < 4.78 is 6.95. The molecule has 1 aromatic heterocycles. The molecule has 0 amide bonds. The van der Waals surface area contributed by atoms with Gasteiger partial charge in [-0.3, -0.25) is 0 Å². The van der Waals surface area contributed by atoms with E-state index < -0.39 is 11.6 Å². The number of rotatable bonds is 4. The number of aliphatic hydroxyl groups excluding tert-OH is 1. The molecule has 1 heterocycles. The van der Waals surface area contributed by atoms with Crippen molar-refractivity contribution < 1.29 is 19.7 Å². The van der Waals surface area contributed by atoms with Crippen LogP contribution in [0.25, 0.3) is 5.69 Å². The Kier molecular flexibility index (Phi) is 4.56. The minimum Gasteiger partial charge on any atom is -0.505 e. The first-order valence-corrected chi connectivity index (χ1v) is 7.16. The Morgan fingerprint density at radius 2 is 1.91 bits per heavy atom. The minimum atomic E-state index is -0.650. The molecule has 0 saturated heterocycles. The summed E-state index contributed by atoms with van der Waals surface area (Å²) >= 11 is 0. The topological polar surface area (TPSA) is 71.7 Å². The number of nitrogens with zero attached hydrogens (tertiary/aromatic N) is 1. The number of benzene rings is 1. The number of ether oxygens (including phenoxy) is 1. The van der Waals surface area contributed by atoms with Crippen LogP contribution in [0.5, 0.6) is 5.75 Å². The van der Waals surface area contributed by atoms with Crippen LogP contribution >= 0.6 is 0 Å². The fourth-order valence-electron chi connectivity index (χ4n) is 2.23. The predicted molar refractivity (Wildman–Crippen MR) is 83.4 cm³/mol. The van der Waals surface area contributed by atoms with E-state index in [9.17, 15) is 15.0 Å². The van der Waals surface area contributed by atoms with Gasteiger partial charge < -0.3 is 19.5 Å². The second-order valence-corrected chi connectivity index (χ2v) is 6.02. The van der Waals surface area contributed by atoms with Gasteiger partial charge in [-0.05, 0) is 44.9 Å². The first kappa shape index (κ1) is 16.1. The molecule has 0 unspecified atom stereocenters. The number of aromatic hydroxyl groups is 1. The van der Waals surface area contributed by atoms with Gasteiger partial charge in [0.1, 0.15) is 11.4 Å². The van der Waals surface area contributed by atoms with Crippen LogP contribution in [0.3, 0.4) is 0 Å². The molecular weight excluding hydrogens is 282 g/mol. The zero-order valence-corrected chi connectivity index (χ0v) is 13.0. The van der Waals surface area contributed by atoms with Gasteiger partial charge in [-0.1, -0.05) is 18.2 Å². The maximum atomic E-state index is 12.4. The standard InChI is InChI=1S/C17H21NO4/c1-17(2,3)22-16(21)15-14(20)8-10-18(15)13-7-5-4-6-12(13)9-11-19/h4-8,10,19-20H,9,11H2,1-3H3. The fraction of sp³-hybridized carbons (Fsp3) is 0.353. The molecule has 2 N–H and O–H groups in total. The van der Waals surface area contributed by atoms with Crippen LogP contribution in [0, 0.1) is 0 Å².